The van der Waals surface area contributed by atoms with Crippen molar-refractivity contribution in [2.24, 2.45) is 0 Å². The Hall–Kier alpha value is -1.06. The fraction of sp³-hybridized carbons (Fsp3) is 0. The molecule has 0 unspecified atom stereocenters. The van der Waals surface area contributed by atoms with Crippen LogP contribution in [-0.4, -0.2) is 5.16 Å². The van der Waals surface area contributed by atoms with Gasteiger partial charge in [-0.3, -0.25) is 4.52 Å². The van der Waals surface area contributed by atoms with Crippen LogP contribution in [0.1, 0.15) is 0 Å². The summed E-state index contributed by atoms with van der Waals surface area (Å²) < 4.78 is 7.86. The molecule has 4 nitrogen and oxygen atoms in total. The summed E-state index contributed by atoms with van der Waals surface area (Å²) in [5.74, 6) is -0.769. The van der Waals surface area contributed by atoms with Crippen molar-refractivity contribution < 1.29 is 8.94 Å². The van der Waals surface area contributed by atoms with Gasteiger partial charge in [-0.2, -0.15) is 0 Å². The fourth-order valence-corrected chi connectivity index (χ4v) is 0.151. The molecule has 1 aromatic heterocycles. The zero-order valence-electron chi connectivity index (χ0n) is 2.75. The maximum absolute atomic E-state index is 9.67. The quantitative estimate of drug-likeness (QED) is 0.433. The second-order valence-electron chi connectivity index (χ2n) is 0.670. The van der Waals surface area contributed by atoms with Crippen LogP contribution in [0.4, 0.5) is 0 Å². The van der Waals surface area contributed by atoms with E-state index >= 15 is 0 Å². The van der Waals surface area contributed by atoms with E-state index in [1.807, 2.05) is 0 Å². The molecule has 1 rings (SSSR count). The first-order chi connectivity index (χ1) is 2.89. The number of aromatic nitrogens is 1. The van der Waals surface area contributed by atoms with E-state index in [0.717, 1.165) is 6.39 Å². The van der Waals surface area contributed by atoms with E-state index in [0.29, 0.717) is 0 Å². The first-order valence-electron chi connectivity index (χ1n) is 1.29. The van der Waals surface area contributed by atoms with Gasteiger partial charge in [-0.25, -0.2) is 4.79 Å². The SMILES string of the molecule is O=c1ocno1. The molecule has 0 spiro atoms. The smallest absolute Gasteiger partial charge is 0.378 e. The second-order valence-corrected chi connectivity index (χ2v) is 0.670. The number of hydrogen-bond donors (Lipinski definition) is 0. The van der Waals surface area contributed by atoms with Gasteiger partial charge >= 0.3 is 5.82 Å². The minimum Gasteiger partial charge on any atom is -0.378 e. The zero-order chi connectivity index (χ0) is 4.41. The van der Waals surface area contributed by atoms with E-state index in [4.69, 9.17) is 0 Å². The molecule has 1 aromatic rings. The molecule has 0 aliphatic heterocycles. The topological polar surface area (TPSA) is 56.2 Å². The minimum atomic E-state index is -0.769. The summed E-state index contributed by atoms with van der Waals surface area (Å²) in [7, 11) is 0. The Morgan fingerprint density at radius 2 is 2.67 bits per heavy atom. The van der Waals surface area contributed by atoms with Crippen molar-refractivity contribution in [2.45, 2.75) is 0 Å². The first-order valence-corrected chi connectivity index (χ1v) is 1.29. The van der Waals surface area contributed by atoms with Gasteiger partial charge in [-0.1, -0.05) is 0 Å². The van der Waals surface area contributed by atoms with Gasteiger partial charge in [0.1, 0.15) is 0 Å². The van der Waals surface area contributed by atoms with E-state index in [1.54, 1.807) is 0 Å². The van der Waals surface area contributed by atoms with Crippen molar-refractivity contribution in [1.82, 2.24) is 5.16 Å². The standard InChI is InChI=1S/C2HNO3/c4-2-5-1-3-6-2/h1H. The van der Waals surface area contributed by atoms with Crippen molar-refractivity contribution >= 4 is 0 Å². The van der Waals surface area contributed by atoms with Crippen LogP contribution in [0.3, 0.4) is 0 Å². The van der Waals surface area contributed by atoms with Crippen LogP contribution < -0.4 is 5.82 Å². The summed E-state index contributed by atoms with van der Waals surface area (Å²) in [4.78, 5) is 9.67. The van der Waals surface area contributed by atoms with Gasteiger partial charge in [0.05, 0.1) is 0 Å². The molecular weight excluding hydrogens is 86.0 g/mol. The molecule has 0 bridgehead atoms. The molecule has 1 heterocycles. The third kappa shape index (κ3) is 0.314. The maximum Gasteiger partial charge on any atom is 0.541 e. The Morgan fingerprint density at radius 1 is 1.83 bits per heavy atom. The highest BCUT2D eigenvalue weighted by Gasteiger charge is 1.79. The van der Waals surface area contributed by atoms with E-state index in [9.17, 15) is 4.79 Å². The molecule has 0 N–H and O–H groups in total. The highest BCUT2D eigenvalue weighted by molar-refractivity contribution is 4.27. The molecule has 0 aliphatic carbocycles. The summed E-state index contributed by atoms with van der Waals surface area (Å²) >= 11 is 0. The monoisotopic (exact) mass is 87.0 g/mol. The van der Waals surface area contributed by atoms with Gasteiger partial charge < -0.3 is 4.42 Å². The Balaban J connectivity index is 3.41. The molecule has 0 aliphatic rings. The van der Waals surface area contributed by atoms with Crippen molar-refractivity contribution in [3.63, 3.8) is 0 Å². The van der Waals surface area contributed by atoms with Crippen LogP contribution in [0.5, 0.6) is 0 Å². The van der Waals surface area contributed by atoms with Crippen LogP contribution in [0.25, 0.3) is 0 Å². The molecule has 0 aromatic carbocycles. The summed E-state index contributed by atoms with van der Waals surface area (Å²) in [5, 5.41) is 2.97. The van der Waals surface area contributed by atoms with Crippen molar-refractivity contribution in [3.05, 3.63) is 17.0 Å². The van der Waals surface area contributed by atoms with Crippen molar-refractivity contribution in [3.8, 4) is 0 Å². The Bertz CT molecular complexity index is 147. The summed E-state index contributed by atoms with van der Waals surface area (Å²) in [5.41, 5.74) is 0. The largest absolute Gasteiger partial charge is 0.541 e. The fourth-order valence-electron chi connectivity index (χ4n) is 0.151. The second kappa shape index (κ2) is 0.965. The van der Waals surface area contributed by atoms with Crippen molar-refractivity contribution in [1.29, 1.82) is 0 Å². The molecule has 0 saturated carbocycles. The minimum absolute atomic E-state index is 0.769. The lowest BCUT2D eigenvalue weighted by molar-refractivity contribution is 0.335. The number of nitrogens with zero attached hydrogens (tertiary/aromatic N) is 1. The highest BCUT2D eigenvalue weighted by atomic mass is 16.6. The summed E-state index contributed by atoms with van der Waals surface area (Å²) in [6.07, 6.45) is 0.933. The van der Waals surface area contributed by atoms with Crippen molar-refractivity contribution in [2.75, 3.05) is 0 Å². The van der Waals surface area contributed by atoms with Gasteiger partial charge in [-0.15, -0.1) is 0 Å². The van der Waals surface area contributed by atoms with Crippen LogP contribution >= 0.6 is 0 Å². The summed E-state index contributed by atoms with van der Waals surface area (Å²) in [6, 6.07) is 0. The number of hydrogen-bond acceptors (Lipinski definition) is 4. The van der Waals surface area contributed by atoms with E-state index < -0.39 is 5.82 Å². The summed E-state index contributed by atoms with van der Waals surface area (Å²) in [6.45, 7) is 0. The number of rotatable bonds is 0. The van der Waals surface area contributed by atoms with E-state index in [1.165, 1.54) is 0 Å². The average molecular weight is 87.0 g/mol. The van der Waals surface area contributed by atoms with E-state index in [2.05, 4.69) is 14.1 Å². The van der Waals surface area contributed by atoms with Gasteiger partial charge in [-0.05, 0) is 5.16 Å². The molecule has 0 fully saturated rings. The predicted octanol–water partition coefficient (Wildman–Crippen LogP) is -0.372. The molecule has 0 amide bonds. The lowest BCUT2D eigenvalue weighted by Gasteiger charge is -1.45. The maximum atomic E-state index is 9.67. The van der Waals surface area contributed by atoms with Gasteiger partial charge in [0.2, 0.25) is 6.39 Å². The molecule has 4 heteroatoms. The lowest BCUT2D eigenvalue weighted by atomic mass is 11.5. The van der Waals surface area contributed by atoms with Crippen LogP contribution in [-0.2, 0) is 0 Å². The molecule has 32 valence electrons. The molecule has 0 radical (unpaired) electrons. The van der Waals surface area contributed by atoms with Crippen LogP contribution in [0.15, 0.2) is 20.1 Å². The Kier molecular flexibility index (Phi) is 0.506. The average Bonchev–Trinajstić information content (AvgIpc) is 1.86. The lowest BCUT2D eigenvalue weighted by Crippen LogP contribution is -1.84. The molecule has 0 saturated heterocycles. The zero-order valence-corrected chi connectivity index (χ0v) is 2.75. The Morgan fingerprint density at radius 3 is 2.83 bits per heavy atom. The molecule has 6 heavy (non-hydrogen) atoms. The molecule has 0 atom stereocenters. The van der Waals surface area contributed by atoms with Crippen LogP contribution in [0.2, 0.25) is 0 Å². The third-order valence-electron chi connectivity index (χ3n) is 0.319. The van der Waals surface area contributed by atoms with Crippen LogP contribution in [0, 0.1) is 0 Å². The van der Waals surface area contributed by atoms with Gasteiger partial charge in [0.15, 0.2) is 0 Å². The van der Waals surface area contributed by atoms with Gasteiger partial charge in [0, 0.05) is 0 Å². The predicted molar refractivity (Wildman–Crippen MR) is 15.0 cm³/mol. The third-order valence-corrected chi connectivity index (χ3v) is 0.319. The molecular formula is C2HNO3. The highest BCUT2D eigenvalue weighted by Crippen LogP contribution is 1.60. The normalized spacial score (nSPS) is 8.67. The van der Waals surface area contributed by atoms with Gasteiger partial charge in [0.25, 0.3) is 0 Å². The first kappa shape index (κ1) is 3.14. The van der Waals surface area contributed by atoms with E-state index in [-0.39, 0.29) is 0 Å². The Labute approximate surface area is 32.4 Å².